The van der Waals surface area contributed by atoms with Gasteiger partial charge >= 0.3 is 0 Å². The maximum atomic E-state index is 6.43. The van der Waals surface area contributed by atoms with E-state index in [1.54, 1.807) is 0 Å². The molecule has 9 aromatic rings. The van der Waals surface area contributed by atoms with E-state index in [1.165, 1.54) is 43.2 Å². The zero-order valence-corrected chi connectivity index (χ0v) is 28.8. The molecule has 0 fully saturated rings. The Hall–Kier alpha value is -6.36. The fourth-order valence-corrected chi connectivity index (χ4v) is 9.89. The van der Waals surface area contributed by atoms with Crippen LogP contribution in [0.5, 0.6) is 0 Å². The van der Waals surface area contributed by atoms with Crippen LogP contribution in [0.15, 0.2) is 196 Å². The molecule has 0 saturated heterocycles. The maximum absolute atomic E-state index is 6.43. The van der Waals surface area contributed by atoms with Crippen molar-refractivity contribution in [3.8, 4) is 22.4 Å². The van der Waals surface area contributed by atoms with Crippen molar-refractivity contribution in [2.45, 2.75) is 15.2 Å². The van der Waals surface area contributed by atoms with Gasteiger partial charge in [0.05, 0.1) is 16.8 Å². The molecule has 0 atom stereocenters. The lowest BCUT2D eigenvalue weighted by Gasteiger charge is -2.40. The van der Waals surface area contributed by atoms with E-state index in [0.29, 0.717) is 0 Å². The lowest BCUT2D eigenvalue weighted by atomic mass is 9.67. The van der Waals surface area contributed by atoms with E-state index in [0.717, 1.165) is 50.3 Å². The number of rotatable bonds is 4. The van der Waals surface area contributed by atoms with Gasteiger partial charge in [0.25, 0.3) is 0 Å². The predicted molar refractivity (Wildman–Crippen MR) is 213 cm³/mol. The maximum Gasteiger partial charge on any atom is 0.136 e. The summed E-state index contributed by atoms with van der Waals surface area (Å²) in [7, 11) is 0. The van der Waals surface area contributed by atoms with Gasteiger partial charge < -0.3 is 9.32 Å². The highest BCUT2D eigenvalue weighted by Crippen LogP contribution is 2.62. The molecule has 1 aliphatic carbocycles. The first-order valence-electron chi connectivity index (χ1n) is 17.6. The van der Waals surface area contributed by atoms with Crippen molar-refractivity contribution in [3.63, 3.8) is 0 Å². The first-order chi connectivity index (χ1) is 25.8. The van der Waals surface area contributed by atoms with Crippen molar-refractivity contribution < 1.29 is 4.42 Å². The van der Waals surface area contributed by atoms with Crippen LogP contribution in [0.4, 0.5) is 17.1 Å². The summed E-state index contributed by atoms with van der Waals surface area (Å²) in [6, 6.07) is 63.5. The summed E-state index contributed by atoms with van der Waals surface area (Å²) >= 11 is 1.87. The second kappa shape index (κ2) is 11.3. The molecule has 0 bridgehead atoms. The van der Waals surface area contributed by atoms with Crippen LogP contribution in [0.1, 0.15) is 22.3 Å². The van der Waals surface area contributed by atoms with E-state index in [-0.39, 0.29) is 0 Å². The minimum absolute atomic E-state index is 0.422. The van der Waals surface area contributed by atoms with Gasteiger partial charge in [-0.05, 0) is 94.0 Å². The highest BCUT2D eigenvalue weighted by molar-refractivity contribution is 7.99. The fourth-order valence-electron chi connectivity index (χ4n) is 8.67. The number of pyridine rings is 1. The first-order valence-corrected chi connectivity index (χ1v) is 18.4. The Balaban J connectivity index is 1.19. The Bertz CT molecular complexity index is 2800. The van der Waals surface area contributed by atoms with Gasteiger partial charge in [-0.1, -0.05) is 127 Å². The van der Waals surface area contributed by atoms with Crippen molar-refractivity contribution in [3.05, 3.63) is 204 Å². The molecule has 1 spiro atoms. The van der Waals surface area contributed by atoms with Crippen LogP contribution in [-0.4, -0.2) is 4.98 Å². The smallest absolute Gasteiger partial charge is 0.136 e. The number of hydrogen-bond acceptors (Lipinski definition) is 4. The Kier molecular flexibility index (Phi) is 6.40. The average molecular weight is 683 g/mol. The lowest BCUT2D eigenvalue weighted by Crippen LogP contribution is -2.32. The standard InChI is InChI=1S/C48H30N2OS/c1-2-14-31(15-3-1)50(43-29-36-35-18-6-10-23-44(35)51-45(36)30-37(43)42-22-12-13-27-49-42)32-25-26-41-47(28-32)52-46-24-11-9-21-40(46)48(41)38-19-7-4-16-33(38)34-17-5-8-20-39(34)48/h1-30H. The Labute approximate surface area is 305 Å². The molecule has 7 aromatic carbocycles. The van der Waals surface area contributed by atoms with Crippen LogP contribution in [-0.2, 0) is 5.41 Å². The summed E-state index contributed by atoms with van der Waals surface area (Å²) in [6.07, 6.45) is 1.86. The molecule has 1 aliphatic heterocycles. The zero-order chi connectivity index (χ0) is 34.2. The molecule has 3 nitrogen and oxygen atoms in total. The second-order valence-corrected chi connectivity index (χ2v) is 14.6. The van der Waals surface area contributed by atoms with Crippen LogP contribution in [0.2, 0.25) is 0 Å². The molecule has 11 rings (SSSR count). The Morgan fingerprint density at radius 2 is 1.13 bits per heavy atom. The SMILES string of the molecule is c1ccc(N(c2ccc3c(c2)Sc2ccccc2C32c3ccccc3-c3ccccc32)c2cc3c(cc2-c2ccccn2)oc2ccccc23)cc1. The van der Waals surface area contributed by atoms with Gasteiger partial charge in [0.15, 0.2) is 0 Å². The van der Waals surface area contributed by atoms with Crippen molar-refractivity contribution in [1.29, 1.82) is 0 Å². The quantitative estimate of drug-likeness (QED) is 0.185. The van der Waals surface area contributed by atoms with Gasteiger partial charge in [-0.2, -0.15) is 0 Å². The van der Waals surface area contributed by atoms with Crippen molar-refractivity contribution >= 4 is 50.8 Å². The number of nitrogens with zero attached hydrogens (tertiary/aromatic N) is 2. The summed E-state index contributed by atoms with van der Waals surface area (Å²) in [4.78, 5) is 9.77. The summed E-state index contributed by atoms with van der Waals surface area (Å²) in [5, 5.41) is 2.17. The molecular formula is C48H30N2OS. The minimum Gasteiger partial charge on any atom is -0.456 e. The summed E-state index contributed by atoms with van der Waals surface area (Å²) in [6.45, 7) is 0. The summed E-state index contributed by atoms with van der Waals surface area (Å²) < 4.78 is 6.43. The number of aromatic nitrogens is 1. The topological polar surface area (TPSA) is 29.3 Å². The van der Waals surface area contributed by atoms with Gasteiger partial charge in [0.1, 0.15) is 11.2 Å². The van der Waals surface area contributed by atoms with Gasteiger partial charge in [0.2, 0.25) is 0 Å². The Morgan fingerprint density at radius 1 is 0.462 bits per heavy atom. The summed E-state index contributed by atoms with van der Waals surface area (Å²) in [5.41, 5.74) is 14.3. The van der Waals surface area contributed by atoms with Crippen LogP contribution in [0.3, 0.4) is 0 Å². The normalized spacial score (nSPS) is 13.5. The summed E-state index contributed by atoms with van der Waals surface area (Å²) in [5.74, 6) is 0. The van der Waals surface area contributed by atoms with E-state index >= 15 is 0 Å². The van der Waals surface area contributed by atoms with Crippen LogP contribution in [0.25, 0.3) is 44.3 Å². The van der Waals surface area contributed by atoms with Gasteiger partial charge in [0, 0.05) is 43.7 Å². The number of fused-ring (bicyclic) bond motifs is 12. The molecule has 2 aromatic heterocycles. The van der Waals surface area contributed by atoms with Gasteiger partial charge in [-0.25, -0.2) is 0 Å². The highest BCUT2D eigenvalue weighted by Gasteiger charge is 2.50. The largest absolute Gasteiger partial charge is 0.456 e. The number of hydrogen-bond donors (Lipinski definition) is 0. The molecular weight excluding hydrogens is 653 g/mol. The van der Waals surface area contributed by atoms with Gasteiger partial charge in [-0.3, -0.25) is 4.98 Å². The zero-order valence-electron chi connectivity index (χ0n) is 28.0. The molecule has 0 N–H and O–H groups in total. The van der Waals surface area contributed by atoms with E-state index in [2.05, 4.69) is 157 Å². The highest BCUT2D eigenvalue weighted by atomic mass is 32.2. The molecule has 0 amide bonds. The van der Waals surface area contributed by atoms with Gasteiger partial charge in [-0.15, -0.1) is 0 Å². The molecule has 52 heavy (non-hydrogen) atoms. The van der Waals surface area contributed by atoms with Crippen LogP contribution >= 0.6 is 11.8 Å². The monoisotopic (exact) mass is 682 g/mol. The first kappa shape index (κ1) is 29.4. The third-order valence-electron chi connectivity index (χ3n) is 10.8. The molecule has 0 saturated carbocycles. The van der Waals surface area contributed by atoms with Crippen molar-refractivity contribution in [1.82, 2.24) is 4.98 Å². The molecule has 4 heteroatoms. The average Bonchev–Trinajstić information content (AvgIpc) is 3.72. The van der Waals surface area contributed by atoms with Crippen molar-refractivity contribution in [2.24, 2.45) is 0 Å². The number of para-hydroxylation sites is 2. The second-order valence-electron chi connectivity index (χ2n) is 13.5. The molecule has 0 radical (unpaired) electrons. The third-order valence-corrected chi connectivity index (χ3v) is 11.9. The van der Waals surface area contributed by atoms with E-state index in [4.69, 9.17) is 9.40 Å². The van der Waals surface area contributed by atoms with Crippen LogP contribution < -0.4 is 4.90 Å². The molecule has 2 aliphatic rings. The molecule has 244 valence electrons. The van der Waals surface area contributed by atoms with Crippen molar-refractivity contribution in [2.75, 3.05) is 4.90 Å². The third kappa shape index (κ3) is 4.13. The van der Waals surface area contributed by atoms with Crippen LogP contribution in [0, 0.1) is 0 Å². The molecule has 0 unspecified atom stereocenters. The van der Waals surface area contributed by atoms with E-state index < -0.39 is 5.41 Å². The van der Waals surface area contributed by atoms with E-state index in [1.807, 2.05) is 42.2 Å². The number of furan rings is 1. The lowest BCUT2D eigenvalue weighted by molar-refractivity contribution is 0.669. The predicted octanol–water partition coefficient (Wildman–Crippen LogP) is 12.9. The van der Waals surface area contributed by atoms with E-state index in [9.17, 15) is 0 Å². The number of anilines is 3. The fraction of sp³-hybridized carbons (Fsp3) is 0.0208. The molecule has 3 heterocycles. The number of benzene rings is 7. The minimum atomic E-state index is -0.422. The Morgan fingerprint density at radius 3 is 1.92 bits per heavy atom.